The Hall–Kier alpha value is -0.163. The molecule has 0 aliphatic rings. The second-order valence-corrected chi connectivity index (χ2v) is 4.65. The lowest BCUT2D eigenvalue weighted by Crippen LogP contribution is -2.31. The highest BCUT2D eigenvalue weighted by Gasteiger charge is 2.20. The van der Waals surface area contributed by atoms with E-state index in [0.29, 0.717) is 0 Å². The fourth-order valence-corrected chi connectivity index (χ4v) is 1.41. The lowest BCUT2D eigenvalue weighted by molar-refractivity contribution is 0.247. The Morgan fingerprint density at radius 3 is 2.25 bits per heavy atom. The Bertz CT molecular complexity index is 129. The molecule has 0 unspecified atom stereocenters. The largest absolute Gasteiger partial charge is 0.521 e. The minimum Gasteiger partial charge on any atom is -0.387 e. The molecule has 0 aromatic rings. The van der Waals surface area contributed by atoms with Crippen molar-refractivity contribution < 1.29 is 14.4 Å². The van der Waals surface area contributed by atoms with E-state index in [9.17, 15) is 0 Å². The van der Waals surface area contributed by atoms with Crippen LogP contribution in [0.1, 0.15) is 39.0 Å². The van der Waals surface area contributed by atoms with E-state index in [1.165, 1.54) is 12.8 Å². The summed E-state index contributed by atoms with van der Waals surface area (Å²) in [6.45, 7) is 2.14. The molecule has 0 fully saturated rings. The summed E-state index contributed by atoms with van der Waals surface area (Å²) < 4.78 is 0. The standard InChI is InChI=1S/C8H18O3Si/c1-2-3-4-5-6-7-8-12(9,10)11/h7-11H,2-6H2,1H3/b8-7+. The third-order valence-corrected chi connectivity index (χ3v) is 2.25. The summed E-state index contributed by atoms with van der Waals surface area (Å²) in [7, 11) is -3.91. The van der Waals surface area contributed by atoms with E-state index in [2.05, 4.69) is 6.92 Å². The molecule has 4 heteroatoms. The zero-order valence-corrected chi connectivity index (χ0v) is 8.53. The van der Waals surface area contributed by atoms with Crippen LogP contribution < -0.4 is 0 Å². The van der Waals surface area contributed by atoms with Crippen LogP contribution in [0.15, 0.2) is 11.8 Å². The van der Waals surface area contributed by atoms with Crippen LogP contribution >= 0.6 is 0 Å². The third kappa shape index (κ3) is 9.84. The van der Waals surface area contributed by atoms with Crippen molar-refractivity contribution in [2.75, 3.05) is 0 Å². The Morgan fingerprint density at radius 1 is 1.08 bits per heavy atom. The van der Waals surface area contributed by atoms with Gasteiger partial charge in [-0.05, 0) is 18.5 Å². The molecule has 0 atom stereocenters. The molecule has 0 radical (unpaired) electrons. The molecule has 0 saturated heterocycles. The van der Waals surface area contributed by atoms with Gasteiger partial charge in [0.1, 0.15) is 0 Å². The first kappa shape index (κ1) is 11.8. The first-order valence-corrected chi connectivity index (χ1v) is 6.33. The van der Waals surface area contributed by atoms with E-state index in [-0.39, 0.29) is 0 Å². The maximum atomic E-state index is 8.58. The van der Waals surface area contributed by atoms with Gasteiger partial charge >= 0.3 is 8.80 Å². The third-order valence-electron chi connectivity index (χ3n) is 1.57. The number of allylic oxidation sites excluding steroid dienone is 1. The van der Waals surface area contributed by atoms with Gasteiger partial charge in [0.25, 0.3) is 0 Å². The van der Waals surface area contributed by atoms with Crippen LogP contribution in [0.25, 0.3) is 0 Å². The lowest BCUT2D eigenvalue weighted by atomic mass is 10.2. The minimum atomic E-state index is -3.91. The number of hydrogen-bond acceptors (Lipinski definition) is 3. The molecule has 3 N–H and O–H groups in total. The fourth-order valence-electron chi connectivity index (χ4n) is 0.930. The SMILES string of the molecule is CCCCCC/C=C/[Si](O)(O)O. The van der Waals surface area contributed by atoms with Crippen molar-refractivity contribution >= 4 is 8.80 Å². The lowest BCUT2D eigenvalue weighted by Gasteiger charge is -2.01. The summed E-state index contributed by atoms with van der Waals surface area (Å²) in [5.41, 5.74) is 1.12. The second kappa shape index (κ2) is 6.36. The van der Waals surface area contributed by atoms with E-state index < -0.39 is 8.80 Å². The maximum absolute atomic E-state index is 8.58. The molecule has 0 saturated carbocycles. The molecular weight excluding hydrogens is 172 g/mol. The highest BCUT2D eigenvalue weighted by molar-refractivity contribution is 6.61. The molecule has 72 valence electrons. The van der Waals surface area contributed by atoms with Crippen LogP contribution in [0.5, 0.6) is 0 Å². The molecule has 0 aromatic carbocycles. The second-order valence-electron chi connectivity index (χ2n) is 2.94. The van der Waals surface area contributed by atoms with Gasteiger partial charge in [0.15, 0.2) is 0 Å². The number of rotatable bonds is 6. The van der Waals surface area contributed by atoms with Crippen LogP contribution in [0.2, 0.25) is 0 Å². The highest BCUT2D eigenvalue weighted by atomic mass is 28.4. The fraction of sp³-hybridized carbons (Fsp3) is 0.750. The van der Waals surface area contributed by atoms with Crippen LogP contribution in [0.4, 0.5) is 0 Å². The van der Waals surface area contributed by atoms with Crippen molar-refractivity contribution in [3.8, 4) is 0 Å². The Balaban J connectivity index is 3.25. The van der Waals surface area contributed by atoms with Gasteiger partial charge in [-0.1, -0.05) is 32.3 Å². The normalized spacial score (nSPS) is 12.7. The van der Waals surface area contributed by atoms with Crippen molar-refractivity contribution in [2.24, 2.45) is 0 Å². The van der Waals surface area contributed by atoms with Gasteiger partial charge in [-0.3, -0.25) is 0 Å². The zero-order valence-electron chi connectivity index (χ0n) is 7.53. The van der Waals surface area contributed by atoms with Crippen molar-refractivity contribution in [1.82, 2.24) is 0 Å². The summed E-state index contributed by atoms with van der Waals surface area (Å²) >= 11 is 0. The van der Waals surface area contributed by atoms with Crippen LogP contribution in [0.3, 0.4) is 0 Å². The molecule has 0 aliphatic carbocycles. The smallest absolute Gasteiger partial charge is 0.387 e. The minimum absolute atomic E-state index is 0.816. The molecule has 0 spiro atoms. The van der Waals surface area contributed by atoms with Crippen molar-refractivity contribution in [2.45, 2.75) is 39.0 Å². The van der Waals surface area contributed by atoms with E-state index in [1.807, 2.05) is 0 Å². The van der Waals surface area contributed by atoms with E-state index >= 15 is 0 Å². The van der Waals surface area contributed by atoms with Gasteiger partial charge in [0.05, 0.1) is 0 Å². The summed E-state index contributed by atoms with van der Waals surface area (Å²) in [5.74, 6) is 0. The van der Waals surface area contributed by atoms with E-state index in [1.54, 1.807) is 6.08 Å². The van der Waals surface area contributed by atoms with Gasteiger partial charge in [-0.15, -0.1) is 0 Å². The van der Waals surface area contributed by atoms with Gasteiger partial charge in [0.2, 0.25) is 0 Å². The Morgan fingerprint density at radius 2 is 1.75 bits per heavy atom. The highest BCUT2D eigenvalue weighted by Crippen LogP contribution is 2.03. The predicted molar refractivity (Wildman–Crippen MR) is 50.3 cm³/mol. The molecule has 0 bridgehead atoms. The molecule has 3 nitrogen and oxygen atoms in total. The Kier molecular flexibility index (Phi) is 6.28. The molecule has 0 heterocycles. The van der Waals surface area contributed by atoms with Crippen LogP contribution in [0, 0.1) is 0 Å². The van der Waals surface area contributed by atoms with Crippen LogP contribution in [-0.2, 0) is 0 Å². The molecule has 0 rings (SSSR count). The van der Waals surface area contributed by atoms with Crippen molar-refractivity contribution in [3.63, 3.8) is 0 Å². The summed E-state index contributed by atoms with van der Waals surface area (Å²) in [4.78, 5) is 25.8. The molecule has 0 aliphatic heterocycles. The first-order chi connectivity index (χ1) is 5.56. The summed E-state index contributed by atoms with van der Waals surface area (Å²) in [6.07, 6.45) is 7.08. The van der Waals surface area contributed by atoms with Crippen molar-refractivity contribution in [3.05, 3.63) is 11.8 Å². The first-order valence-electron chi connectivity index (χ1n) is 4.41. The summed E-state index contributed by atoms with van der Waals surface area (Å²) in [5, 5.41) is 0. The topological polar surface area (TPSA) is 60.7 Å². The molecule has 0 aromatic heterocycles. The van der Waals surface area contributed by atoms with Gasteiger partial charge in [-0.25, -0.2) is 0 Å². The van der Waals surface area contributed by atoms with Gasteiger partial charge in [-0.2, -0.15) is 0 Å². The van der Waals surface area contributed by atoms with Crippen molar-refractivity contribution in [1.29, 1.82) is 0 Å². The monoisotopic (exact) mass is 190 g/mol. The van der Waals surface area contributed by atoms with E-state index in [0.717, 1.165) is 25.0 Å². The van der Waals surface area contributed by atoms with E-state index in [4.69, 9.17) is 14.4 Å². The van der Waals surface area contributed by atoms with Gasteiger partial charge < -0.3 is 14.4 Å². The molecular formula is C8H18O3Si. The number of unbranched alkanes of at least 4 members (excludes halogenated alkanes) is 4. The molecule has 0 amide bonds. The predicted octanol–water partition coefficient (Wildman–Crippen LogP) is 0.968. The maximum Gasteiger partial charge on any atom is 0.521 e. The average Bonchev–Trinajstić information content (AvgIpc) is 1.94. The average molecular weight is 190 g/mol. The van der Waals surface area contributed by atoms with Gasteiger partial charge in [0, 0.05) is 0 Å². The Labute approximate surface area is 74.7 Å². The zero-order chi connectivity index (χ0) is 9.45. The van der Waals surface area contributed by atoms with Crippen LogP contribution in [-0.4, -0.2) is 23.2 Å². The quantitative estimate of drug-likeness (QED) is 0.432. The number of hydrogen-bond donors (Lipinski definition) is 3. The summed E-state index contributed by atoms with van der Waals surface area (Å²) in [6, 6.07) is 0. The molecule has 12 heavy (non-hydrogen) atoms.